The van der Waals surface area contributed by atoms with Crippen LogP contribution in [-0.4, -0.2) is 25.0 Å². The molecule has 0 saturated heterocycles. The Labute approximate surface area is 162 Å². The Kier molecular flexibility index (Phi) is 7.26. The van der Waals surface area contributed by atoms with Gasteiger partial charge in [-0.3, -0.25) is 20.4 Å². The second-order valence-electron chi connectivity index (χ2n) is 4.86. The average Bonchev–Trinajstić information content (AvgIpc) is 2.64. The van der Waals surface area contributed by atoms with Gasteiger partial charge < -0.3 is 9.47 Å². The number of carbonyl (C=O) groups is 2. The third kappa shape index (κ3) is 5.95. The van der Waals surface area contributed by atoms with Gasteiger partial charge in [-0.05, 0) is 46.3 Å². The summed E-state index contributed by atoms with van der Waals surface area (Å²) in [6.07, 6.45) is 0. The Balaban J connectivity index is 1.73. The molecule has 0 aliphatic carbocycles. The molecular weight excluding hydrogens is 426 g/mol. The van der Waals surface area contributed by atoms with E-state index in [4.69, 9.17) is 26.3 Å². The van der Waals surface area contributed by atoms with Crippen LogP contribution >= 0.6 is 27.5 Å². The van der Waals surface area contributed by atoms with E-state index < -0.39 is 11.8 Å². The number of rotatable bonds is 6. The van der Waals surface area contributed by atoms with Crippen LogP contribution in [-0.2, 0) is 9.59 Å². The van der Waals surface area contributed by atoms with Crippen molar-refractivity contribution in [1.82, 2.24) is 10.9 Å². The number of halogens is 2. The lowest BCUT2D eigenvalue weighted by atomic mass is 10.2. The molecule has 0 atom stereocenters. The van der Waals surface area contributed by atoms with Gasteiger partial charge in [-0.2, -0.15) is 5.26 Å². The molecule has 2 N–H and O–H groups in total. The SMILES string of the molecule is N#Cc1ccccc1OCC(=O)NNC(=O)COc1ccc(Cl)cc1Br. The van der Waals surface area contributed by atoms with Gasteiger partial charge in [0.25, 0.3) is 11.8 Å². The number of para-hydroxylation sites is 1. The number of amides is 2. The number of hydrogen-bond acceptors (Lipinski definition) is 5. The van der Waals surface area contributed by atoms with E-state index in [1.54, 1.807) is 42.5 Å². The molecule has 0 aromatic heterocycles. The van der Waals surface area contributed by atoms with E-state index in [1.807, 2.05) is 6.07 Å². The number of nitriles is 1. The van der Waals surface area contributed by atoms with Crippen LogP contribution in [0.2, 0.25) is 5.02 Å². The molecule has 2 amide bonds. The van der Waals surface area contributed by atoms with Crippen molar-refractivity contribution in [3.8, 4) is 17.6 Å². The number of ether oxygens (including phenoxy) is 2. The Hall–Kier alpha value is -2.76. The van der Waals surface area contributed by atoms with Crippen molar-refractivity contribution in [3.63, 3.8) is 0 Å². The van der Waals surface area contributed by atoms with E-state index in [-0.39, 0.29) is 19.0 Å². The first-order chi connectivity index (χ1) is 12.5. The second-order valence-corrected chi connectivity index (χ2v) is 6.15. The third-order valence-electron chi connectivity index (χ3n) is 2.96. The number of nitrogens with one attached hydrogen (secondary N) is 2. The number of hydrazine groups is 1. The summed E-state index contributed by atoms with van der Waals surface area (Å²) in [7, 11) is 0. The minimum absolute atomic E-state index is 0.285. The molecular formula is C17H13BrClN3O4. The predicted molar refractivity (Wildman–Crippen MR) is 97.6 cm³/mol. The normalized spacial score (nSPS) is 9.73. The maximum absolute atomic E-state index is 11.7. The molecule has 7 nitrogen and oxygen atoms in total. The molecule has 134 valence electrons. The monoisotopic (exact) mass is 437 g/mol. The molecule has 0 bridgehead atoms. The van der Waals surface area contributed by atoms with Crippen LogP contribution in [0.3, 0.4) is 0 Å². The highest BCUT2D eigenvalue weighted by Gasteiger charge is 2.09. The van der Waals surface area contributed by atoms with Gasteiger partial charge in [0.2, 0.25) is 0 Å². The fourth-order valence-electron chi connectivity index (χ4n) is 1.78. The van der Waals surface area contributed by atoms with Crippen LogP contribution in [0, 0.1) is 11.3 Å². The van der Waals surface area contributed by atoms with Gasteiger partial charge in [-0.15, -0.1) is 0 Å². The quantitative estimate of drug-likeness (QED) is 0.675. The maximum atomic E-state index is 11.7. The van der Waals surface area contributed by atoms with Crippen molar-refractivity contribution in [2.24, 2.45) is 0 Å². The molecule has 26 heavy (non-hydrogen) atoms. The molecule has 0 saturated carbocycles. The highest BCUT2D eigenvalue weighted by Crippen LogP contribution is 2.27. The summed E-state index contributed by atoms with van der Waals surface area (Å²) in [6.45, 7) is -0.665. The highest BCUT2D eigenvalue weighted by atomic mass is 79.9. The fraction of sp³-hybridized carbons (Fsp3) is 0.118. The lowest BCUT2D eigenvalue weighted by molar-refractivity contribution is -0.131. The van der Waals surface area contributed by atoms with Crippen molar-refractivity contribution < 1.29 is 19.1 Å². The molecule has 0 heterocycles. The smallest absolute Gasteiger partial charge is 0.276 e. The lowest BCUT2D eigenvalue weighted by Gasteiger charge is -2.11. The molecule has 2 aromatic carbocycles. The average molecular weight is 439 g/mol. The lowest BCUT2D eigenvalue weighted by Crippen LogP contribution is -2.45. The largest absolute Gasteiger partial charge is 0.483 e. The fourth-order valence-corrected chi connectivity index (χ4v) is 2.57. The van der Waals surface area contributed by atoms with Gasteiger partial charge >= 0.3 is 0 Å². The van der Waals surface area contributed by atoms with Gasteiger partial charge in [0, 0.05) is 5.02 Å². The van der Waals surface area contributed by atoms with Crippen molar-refractivity contribution >= 4 is 39.3 Å². The number of hydrogen-bond donors (Lipinski definition) is 2. The van der Waals surface area contributed by atoms with Crippen LogP contribution in [0.15, 0.2) is 46.9 Å². The van der Waals surface area contributed by atoms with Gasteiger partial charge in [0.05, 0.1) is 10.0 Å². The Morgan fingerprint density at radius 3 is 2.27 bits per heavy atom. The summed E-state index contributed by atoms with van der Waals surface area (Å²) in [5.41, 5.74) is 4.70. The van der Waals surface area contributed by atoms with Gasteiger partial charge in [-0.1, -0.05) is 23.7 Å². The topological polar surface area (TPSA) is 100 Å². The molecule has 0 fully saturated rings. The molecule has 0 aliphatic heterocycles. The molecule has 0 unspecified atom stereocenters. The minimum Gasteiger partial charge on any atom is -0.483 e. The number of nitrogens with zero attached hydrogens (tertiary/aromatic N) is 1. The second kappa shape index (κ2) is 9.65. The van der Waals surface area contributed by atoms with E-state index in [0.29, 0.717) is 20.8 Å². The first-order valence-corrected chi connectivity index (χ1v) is 8.44. The zero-order valence-corrected chi connectivity index (χ0v) is 15.6. The van der Waals surface area contributed by atoms with Crippen LogP contribution < -0.4 is 20.3 Å². The van der Waals surface area contributed by atoms with Gasteiger partial charge in [0.15, 0.2) is 13.2 Å². The van der Waals surface area contributed by atoms with Gasteiger partial charge in [-0.25, -0.2) is 0 Å². The Bertz CT molecular complexity index is 854. The summed E-state index contributed by atoms with van der Waals surface area (Å²) in [5.74, 6) is -0.420. The minimum atomic E-state index is -0.584. The zero-order valence-electron chi connectivity index (χ0n) is 13.3. The molecule has 0 aliphatic rings. The summed E-state index contributed by atoms with van der Waals surface area (Å²) in [5, 5.41) is 9.46. The van der Waals surface area contributed by atoms with E-state index >= 15 is 0 Å². The summed E-state index contributed by atoms with van der Waals surface area (Å²) in [4.78, 5) is 23.4. The van der Waals surface area contributed by atoms with Gasteiger partial charge in [0.1, 0.15) is 17.6 Å². The maximum Gasteiger partial charge on any atom is 0.276 e. The Morgan fingerprint density at radius 1 is 1.04 bits per heavy atom. The van der Waals surface area contributed by atoms with Crippen LogP contribution in [0.1, 0.15) is 5.56 Å². The van der Waals surface area contributed by atoms with E-state index in [0.717, 1.165) is 0 Å². The molecule has 0 spiro atoms. The predicted octanol–water partition coefficient (Wildman–Crippen LogP) is 2.58. The first-order valence-electron chi connectivity index (χ1n) is 7.27. The van der Waals surface area contributed by atoms with Crippen LogP contribution in [0.25, 0.3) is 0 Å². The molecule has 2 aromatic rings. The van der Waals surface area contributed by atoms with E-state index in [1.165, 1.54) is 0 Å². The van der Waals surface area contributed by atoms with Crippen LogP contribution in [0.5, 0.6) is 11.5 Å². The number of carbonyl (C=O) groups excluding carboxylic acids is 2. The van der Waals surface area contributed by atoms with Crippen molar-refractivity contribution in [3.05, 3.63) is 57.5 Å². The van der Waals surface area contributed by atoms with Crippen molar-refractivity contribution in [1.29, 1.82) is 5.26 Å². The summed E-state index contributed by atoms with van der Waals surface area (Å²) in [6, 6.07) is 13.3. The highest BCUT2D eigenvalue weighted by molar-refractivity contribution is 9.10. The molecule has 9 heteroatoms. The zero-order chi connectivity index (χ0) is 18.9. The summed E-state index contributed by atoms with van der Waals surface area (Å²) >= 11 is 9.08. The van der Waals surface area contributed by atoms with E-state index in [9.17, 15) is 9.59 Å². The van der Waals surface area contributed by atoms with Crippen molar-refractivity contribution in [2.75, 3.05) is 13.2 Å². The standard InChI is InChI=1S/C17H13BrClN3O4/c18-13-7-12(19)5-6-15(13)26-10-17(24)22-21-16(23)9-25-14-4-2-1-3-11(14)8-20/h1-7H,9-10H2,(H,21,23)(H,22,24). The number of benzene rings is 2. The van der Waals surface area contributed by atoms with Crippen molar-refractivity contribution in [2.45, 2.75) is 0 Å². The Morgan fingerprint density at radius 2 is 1.65 bits per heavy atom. The first kappa shape index (κ1) is 19.6. The molecule has 0 radical (unpaired) electrons. The van der Waals surface area contributed by atoms with Crippen LogP contribution in [0.4, 0.5) is 0 Å². The third-order valence-corrected chi connectivity index (χ3v) is 3.82. The van der Waals surface area contributed by atoms with E-state index in [2.05, 4.69) is 26.8 Å². The summed E-state index contributed by atoms with van der Waals surface area (Å²) < 4.78 is 11.2. The molecule has 2 rings (SSSR count).